The molecule has 26 heavy (non-hydrogen) atoms. The second-order valence-electron chi connectivity index (χ2n) is 6.09. The van der Waals surface area contributed by atoms with Crippen LogP contribution in [-0.4, -0.2) is 50.4 Å². The lowest BCUT2D eigenvalue weighted by molar-refractivity contribution is -0.118. The van der Waals surface area contributed by atoms with Crippen LogP contribution in [0.4, 0.5) is 5.69 Å². The van der Waals surface area contributed by atoms with Gasteiger partial charge in [0.05, 0.1) is 11.4 Å². The Kier molecular flexibility index (Phi) is 5.62. The maximum absolute atomic E-state index is 12.4. The highest BCUT2D eigenvalue weighted by Crippen LogP contribution is 2.21. The van der Waals surface area contributed by atoms with E-state index in [4.69, 9.17) is 5.14 Å². The third kappa shape index (κ3) is 4.64. The zero-order valence-electron chi connectivity index (χ0n) is 14.1. The minimum atomic E-state index is -3.74. The molecule has 4 N–H and O–H groups in total. The molecule has 1 aromatic carbocycles. The fraction of sp³-hybridized carbons (Fsp3) is 0.294. The average molecular weight is 375 g/mol. The van der Waals surface area contributed by atoms with Gasteiger partial charge in [-0.1, -0.05) is 6.07 Å². The lowest BCUT2D eigenvalue weighted by atomic mass is 10.1. The van der Waals surface area contributed by atoms with Gasteiger partial charge in [-0.3, -0.25) is 14.7 Å². The first kappa shape index (κ1) is 18.5. The summed E-state index contributed by atoms with van der Waals surface area (Å²) in [7, 11) is -3.74. The zero-order valence-corrected chi connectivity index (χ0v) is 14.9. The lowest BCUT2D eigenvalue weighted by Gasteiger charge is -2.35. The number of hydrogen-bond donors (Lipinski definition) is 3. The largest absolute Gasteiger partial charge is 0.325 e. The van der Waals surface area contributed by atoms with Crippen LogP contribution in [0.3, 0.4) is 0 Å². The summed E-state index contributed by atoms with van der Waals surface area (Å²) in [6, 6.07) is 9.74. The number of anilines is 1. The second kappa shape index (κ2) is 7.92. The molecule has 0 spiro atoms. The first-order valence-corrected chi connectivity index (χ1v) is 9.75. The smallest absolute Gasteiger partial charge is 0.238 e. The van der Waals surface area contributed by atoms with E-state index in [0.29, 0.717) is 5.69 Å². The highest BCUT2D eigenvalue weighted by molar-refractivity contribution is 7.89. The summed E-state index contributed by atoms with van der Waals surface area (Å²) in [5.41, 5.74) is 1.58. The van der Waals surface area contributed by atoms with Gasteiger partial charge in [0.25, 0.3) is 0 Å². The van der Waals surface area contributed by atoms with Gasteiger partial charge in [-0.25, -0.2) is 13.6 Å². The van der Waals surface area contributed by atoms with Crippen LogP contribution in [-0.2, 0) is 14.8 Å². The number of nitrogens with two attached hydrogens (primary N) is 1. The van der Waals surface area contributed by atoms with Crippen LogP contribution in [0.1, 0.15) is 11.6 Å². The van der Waals surface area contributed by atoms with E-state index in [2.05, 4.69) is 20.5 Å². The number of nitrogens with zero attached hydrogens (tertiary/aromatic N) is 2. The molecular formula is C17H21N5O3S. The van der Waals surface area contributed by atoms with E-state index < -0.39 is 10.0 Å². The predicted octanol–water partition coefficient (Wildman–Crippen LogP) is 0.314. The van der Waals surface area contributed by atoms with Crippen LogP contribution in [0, 0.1) is 0 Å². The van der Waals surface area contributed by atoms with Gasteiger partial charge in [0.2, 0.25) is 15.9 Å². The van der Waals surface area contributed by atoms with E-state index >= 15 is 0 Å². The van der Waals surface area contributed by atoms with Crippen molar-refractivity contribution in [3.05, 3.63) is 54.4 Å². The van der Waals surface area contributed by atoms with Crippen LogP contribution in [0.25, 0.3) is 0 Å². The summed E-state index contributed by atoms with van der Waals surface area (Å²) in [6.45, 7) is 2.55. The molecule has 1 aromatic heterocycles. The monoisotopic (exact) mass is 375 g/mol. The summed E-state index contributed by atoms with van der Waals surface area (Å²) in [4.78, 5) is 18.7. The molecule has 2 aromatic rings. The zero-order chi connectivity index (χ0) is 18.6. The Morgan fingerprint density at radius 2 is 2.08 bits per heavy atom. The number of carbonyl (C=O) groups excluding carboxylic acids is 1. The summed E-state index contributed by atoms with van der Waals surface area (Å²) in [5.74, 6) is -0.163. The molecule has 1 saturated heterocycles. The van der Waals surface area contributed by atoms with Gasteiger partial charge >= 0.3 is 0 Å². The SMILES string of the molecule is NS(=O)(=O)c1ccc(NC(=O)CN2CCNCC2c2cccnc2)cc1. The van der Waals surface area contributed by atoms with Gasteiger partial charge in [-0.05, 0) is 35.9 Å². The van der Waals surface area contributed by atoms with Gasteiger partial charge in [-0.15, -0.1) is 0 Å². The fourth-order valence-electron chi connectivity index (χ4n) is 2.95. The Balaban J connectivity index is 1.64. The maximum atomic E-state index is 12.4. The van der Waals surface area contributed by atoms with Crippen molar-refractivity contribution in [1.82, 2.24) is 15.2 Å². The second-order valence-corrected chi connectivity index (χ2v) is 7.66. The van der Waals surface area contributed by atoms with E-state index in [0.717, 1.165) is 25.2 Å². The number of sulfonamides is 1. The van der Waals surface area contributed by atoms with E-state index in [1.165, 1.54) is 24.3 Å². The van der Waals surface area contributed by atoms with Crippen molar-refractivity contribution in [2.75, 3.05) is 31.5 Å². The molecule has 1 atom stereocenters. The summed E-state index contributed by atoms with van der Waals surface area (Å²) >= 11 is 0. The maximum Gasteiger partial charge on any atom is 0.238 e. The molecule has 1 aliphatic heterocycles. The third-order valence-electron chi connectivity index (χ3n) is 4.24. The van der Waals surface area contributed by atoms with E-state index in [9.17, 15) is 13.2 Å². The number of carbonyl (C=O) groups is 1. The molecule has 0 saturated carbocycles. The van der Waals surface area contributed by atoms with Gasteiger partial charge in [0.1, 0.15) is 0 Å². The van der Waals surface area contributed by atoms with Gasteiger partial charge in [0.15, 0.2) is 0 Å². The highest BCUT2D eigenvalue weighted by atomic mass is 32.2. The minimum absolute atomic E-state index is 0.00856. The molecule has 8 nitrogen and oxygen atoms in total. The highest BCUT2D eigenvalue weighted by Gasteiger charge is 2.25. The van der Waals surface area contributed by atoms with Gasteiger partial charge in [-0.2, -0.15) is 0 Å². The molecule has 0 bridgehead atoms. The number of rotatable bonds is 5. The quantitative estimate of drug-likeness (QED) is 0.693. The van der Waals surface area contributed by atoms with Crippen LogP contribution < -0.4 is 15.8 Å². The number of piperazine rings is 1. The molecular weight excluding hydrogens is 354 g/mol. The van der Waals surface area contributed by atoms with Gasteiger partial charge in [0, 0.05) is 43.8 Å². The normalized spacial score (nSPS) is 18.4. The van der Waals surface area contributed by atoms with Gasteiger partial charge < -0.3 is 10.6 Å². The molecule has 9 heteroatoms. The Morgan fingerprint density at radius 3 is 2.73 bits per heavy atom. The molecule has 1 fully saturated rings. The first-order valence-electron chi connectivity index (χ1n) is 8.21. The molecule has 1 amide bonds. The van der Waals surface area contributed by atoms with Crippen LogP contribution >= 0.6 is 0 Å². The third-order valence-corrected chi connectivity index (χ3v) is 5.17. The molecule has 3 rings (SSSR count). The Hall–Kier alpha value is -2.33. The fourth-order valence-corrected chi connectivity index (χ4v) is 3.47. The van der Waals surface area contributed by atoms with Crippen LogP contribution in [0.5, 0.6) is 0 Å². The van der Waals surface area contributed by atoms with E-state index in [-0.39, 0.29) is 23.4 Å². The van der Waals surface area contributed by atoms with Crippen molar-refractivity contribution in [1.29, 1.82) is 0 Å². The van der Waals surface area contributed by atoms with Crippen molar-refractivity contribution in [2.45, 2.75) is 10.9 Å². The molecule has 1 unspecified atom stereocenters. The number of primary sulfonamides is 1. The number of nitrogens with one attached hydrogen (secondary N) is 2. The van der Waals surface area contributed by atoms with E-state index in [1.54, 1.807) is 6.20 Å². The molecule has 0 aliphatic carbocycles. The van der Waals surface area contributed by atoms with Crippen molar-refractivity contribution < 1.29 is 13.2 Å². The predicted molar refractivity (Wildman–Crippen MR) is 97.9 cm³/mol. The molecule has 1 aliphatic rings. The number of hydrogen-bond acceptors (Lipinski definition) is 6. The van der Waals surface area contributed by atoms with Crippen molar-refractivity contribution in [3.63, 3.8) is 0 Å². The Labute approximate surface area is 152 Å². The topological polar surface area (TPSA) is 117 Å². The molecule has 2 heterocycles. The van der Waals surface area contributed by atoms with Crippen molar-refractivity contribution in [3.8, 4) is 0 Å². The van der Waals surface area contributed by atoms with Crippen LogP contribution in [0.15, 0.2) is 53.7 Å². The standard InChI is InChI=1S/C17H21N5O3S/c18-26(24,25)15-5-3-14(4-6-15)21-17(23)12-22-9-8-20-11-16(22)13-2-1-7-19-10-13/h1-7,10,16,20H,8-9,11-12H2,(H,21,23)(H2,18,24,25). The first-order chi connectivity index (χ1) is 12.4. The van der Waals surface area contributed by atoms with E-state index in [1.807, 2.05) is 18.3 Å². The summed E-state index contributed by atoms with van der Waals surface area (Å²) in [5, 5.41) is 11.2. The van der Waals surface area contributed by atoms with Crippen molar-refractivity contribution in [2.24, 2.45) is 5.14 Å². The summed E-state index contributed by atoms with van der Waals surface area (Å²) < 4.78 is 22.5. The number of pyridine rings is 1. The minimum Gasteiger partial charge on any atom is -0.325 e. The number of aromatic nitrogens is 1. The number of amides is 1. The Bertz CT molecular complexity index is 856. The molecule has 138 valence electrons. The number of benzene rings is 1. The lowest BCUT2D eigenvalue weighted by Crippen LogP contribution is -2.48. The molecule has 0 radical (unpaired) electrons. The summed E-state index contributed by atoms with van der Waals surface area (Å²) in [6.07, 6.45) is 3.54. The Morgan fingerprint density at radius 1 is 1.31 bits per heavy atom. The van der Waals surface area contributed by atoms with Crippen molar-refractivity contribution >= 4 is 21.6 Å². The van der Waals surface area contributed by atoms with Crippen LogP contribution in [0.2, 0.25) is 0 Å². The average Bonchev–Trinajstić information content (AvgIpc) is 2.62.